The Hall–Kier alpha value is -2.58. The Bertz CT molecular complexity index is 861. The van der Waals surface area contributed by atoms with Gasteiger partial charge in [-0.05, 0) is 30.4 Å². The van der Waals surface area contributed by atoms with Crippen LogP contribution in [0, 0.1) is 33.8 Å². The molecule has 4 atom stereocenters. The number of likely N-dealkylation sites (tertiary alicyclic amines) is 1. The quantitative estimate of drug-likeness (QED) is 0.263. The van der Waals surface area contributed by atoms with Crippen LogP contribution in [0.3, 0.4) is 0 Å². The fourth-order valence-electron chi connectivity index (χ4n) is 5.86. The highest BCUT2D eigenvalue weighted by molar-refractivity contribution is 6.06. The molecule has 0 radical (unpaired) electrons. The molecule has 30 heavy (non-hydrogen) atoms. The van der Waals surface area contributed by atoms with Crippen LogP contribution in [0.2, 0.25) is 0 Å². The highest BCUT2D eigenvalue weighted by Crippen LogP contribution is 2.52. The van der Waals surface area contributed by atoms with Gasteiger partial charge < -0.3 is 9.80 Å². The van der Waals surface area contributed by atoms with Crippen LogP contribution in [0.25, 0.3) is 0 Å². The van der Waals surface area contributed by atoms with Crippen molar-refractivity contribution >= 4 is 17.5 Å². The third-order valence-electron chi connectivity index (χ3n) is 7.52. The summed E-state index contributed by atoms with van der Waals surface area (Å²) in [5.41, 5.74) is 1.24. The van der Waals surface area contributed by atoms with Crippen molar-refractivity contribution in [3.63, 3.8) is 0 Å². The Labute approximate surface area is 175 Å². The summed E-state index contributed by atoms with van der Waals surface area (Å²) in [4.78, 5) is 40.5. The van der Waals surface area contributed by atoms with E-state index in [1.54, 1.807) is 17.0 Å². The lowest BCUT2D eigenvalue weighted by Crippen LogP contribution is -3.27. The van der Waals surface area contributed by atoms with Gasteiger partial charge in [0.1, 0.15) is 32.7 Å². The Kier molecular flexibility index (Phi) is 4.91. The van der Waals surface area contributed by atoms with Gasteiger partial charge in [0.05, 0.1) is 29.8 Å². The number of benzene rings is 1. The van der Waals surface area contributed by atoms with Crippen LogP contribution in [0.5, 0.6) is 0 Å². The average molecular weight is 412 g/mol. The van der Waals surface area contributed by atoms with Crippen molar-refractivity contribution in [3.05, 3.63) is 52.1 Å². The summed E-state index contributed by atoms with van der Waals surface area (Å²) in [6, 6.07) is 6.82. The summed E-state index contributed by atoms with van der Waals surface area (Å²) in [7, 11) is 0. The molecule has 1 saturated carbocycles. The van der Waals surface area contributed by atoms with Gasteiger partial charge in [-0.1, -0.05) is 12.2 Å². The summed E-state index contributed by atoms with van der Waals surface area (Å²) < 4.78 is 0. The zero-order valence-corrected chi connectivity index (χ0v) is 17.0. The molecular weight excluding hydrogens is 384 g/mol. The second-order valence-corrected chi connectivity index (χ2v) is 9.18. The van der Waals surface area contributed by atoms with Gasteiger partial charge >= 0.3 is 0 Å². The van der Waals surface area contributed by atoms with Crippen molar-refractivity contribution in [2.24, 2.45) is 23.7 Å². The van der Waals surface area contributed by atoms with Crippen LogP contribution in [0.4, 0.5) is 5.69 Å². The maximum absolute atomic E-state index is 12.8. The van der Waals surface area contributed by atoms with Crippen molar-refractivity contribution in [1.29, 1.82) is 0 Å². The SMILES string of the molecule is O=C1[C@H]2[C@H](C(=O)N1CC[NH+]1CC[NH+](Cc3ccc([N+](=O)[O-])cc3)CC1)[C@H]1C=C[C@@H]2C1. The Balaban J connectivity index is 1.09. The van der Waals surface area contributed by atoms with Gasteiger partial charge in [0, 0.05) is 17.7 Å². The molecule has 0 unspecified atom stereocenters. The first-order chi connectivity index (χ1) is 14.5. The van der Waals surface area contributed by atoms with E-state index in [0.29, 0.717) is 6.54 Å². The van der Waals surface area contributed by atoms with Crippen molar-refractivity contribution in [2.45, 2.75) is 13.0 Å². The molecule has 2 aliphatic carbocycles. The van der Waals surface area contributed by atoms with Gasteiger partial charge in [-0.15, -0.1) is 0 Å². The average Bonchev–Trinajstić information content (AvgIpc) is 3.42. The number of imide groups is 1. The van der Waals surface area contributed by atoms with Gasteiger partial charge in [-0.2, -0.15) is 0 Å². The van der Waals surface area contributed by atoms with Crippen LogP contribution in [0.1, 0.15) is 12.0 Å². The third kappa shape index (κ3) is 3.33. The number of rotatable bonds is 6. The van der Waals surface area contributed by atoms with Crippen molar-refractivity contribution in [2.75, 3.05) is 39.3 Å². The molecule has 2 N–H and O–H groups in total. The molecule has 0 spiro atoms. The molecule has 2 saturated heterocycles. The summed E-state index contributed by atoms with van der Waals surface area (Å²) in [5, 5.41) is 10.8. The number of quaternary nitrogens is 2. The number of allylic oxidation sites excluding steroid dienone is 2. The highest BCUT2D eigenvalue weighted by atomic mass is 16.6. The Morgan fingerprint density at radius 2 is 1.50 bits per heavy atom. The van der Waals surface area contributed by atoms with Gasteiger partial charge in [0.2, 0.25) is 11.8 Å². The first kappa shape index (κ1) is 19.4. The Morgan fingerprint density at radius 3 is 2.07 bits per heavy atom. The summed E-state index contributed by atoms with van der Waals surface area (Å²) in [5.74, 6) is 0.490. The Morgan fingerprint density at radius 1 is 0.933 bits per heavy atom. The zero-order chi connectivity index (χ0) is 20.8. The molecule has 158 valence electrons. The highest BCUT2D eigenvalue weighted by Gasteiger charge is 2.59. The minimum atomic E-state index is -0.372. The third-order valence-corrected chi connectivity index (χ3v) is 7.52. The maximum Gasteiger partial charge on any atom is 0.269 e. The van der Waals surface area contributed by atoms with Crippen molar-refractivity contribution < 1.29 is 24.3 Å². The number of nitrogens with one attached hydrogen (secondary N) is 2. The predicted molar refractivity (Wildman–Crippen MR) is 107 cm³/mol. The maximum atomic E-state index is 12.8. The minimum Gasteiger partial charge on any atom is -0.324 e. The van der Waals surface area contributed by atoms with Crippen molar-refractivity contribution in [1.82, 2.24) is 4.90 Å². The summed E-state index contributed by atoms with van der Waals surface area (Å²) in [6.45, 7) is 6.30. The molecule has 8 heteroatoms. The molecule has 4 aliphatic rings. The monoisotopic (exact) mass is 412 g/mol. The molecule has 5 rings (SSSR count). The number of carbonyl (C=O) groups is 2. The lowest BCUT2D eigenvalue weighted by molar-refractivity contribution is -1.02. The number of carbonyl (C=O) groups excluding carboxylic acids is 2. The molecule has 8 nitrogen and oxygen atoms in total. The smallest absolute Gasteiger partial charge is 0.269 e. The number of nitro benzene ring substituents is 1. The van der Waals surface area contributed by atoms with Gasteiger partial charge in [-0.3, -0.25) is 24.6 Å². The van der Waals surface area contributed by atoms with E-state index in [2.05, 4.69) is 12.2 Å². The minimum absolute atomic E-state index is 0.0590. The summed E-state index contributed by atoms with van der Waals surface area (Å²) >= 11 is 0. The van der Waals surface area contributed by atoms with Gasteiger partial charge in [-0.25, -0.2) is 0 Å². The van der Waals surface area contributed by atoms with E-state index in [9.17, 15) is 19.7 Å². The fraction of sp³-hybridized carbons (Fsp3) is 0.545. The molecule has 2 amide bonds. The van der Waals surface area contributed by atoms with E-state index in [0.717, 1.165) is 51.3 Å². The summed E-state index contributed by atoms with van der Waals surface area (Å²) in [6.07, 6.45) is 5.25. The lowest BCUT2D eigenvalue weighted by atomic mass is 9.85. The van der Waals surface area contributed by atoms with E-state index in [1.165, 1.54) is 9.80 Å². The molecule has 1 aromatic carbocycles. The topological polar surface area (TPSA) is 89.4 Å². The number of hydrogen-bond donors (Lipinski definition) is 2. The lowest BCUT2D eigenvalue weighted by Gasteiger charge is -2.30. The molecule has 2 heterocycles. The van der Waals surface area contributed by atoms with Gasteiger partial charge in [0.25, 0.3) is 5.69 Å². The van der Waals surface area contributed by atoms with E-state index in [1.807, 2.05) is 12.1 Å². The molecular formula is C22H28N4O4+2. The van der Waals surface area contributed by atoms with Crippen LogP contribution >= 0.6 is 0 Å². The van der Waals surface area contributed by atoms with E-state index in [4.69, 9.17) is 0 Å². The number of nitrogens with zero attached hydrogens (tertiary/aromatic N) is 2. The first-order valence-corrected chi connectivity index (χ1v) is 11.0. The molecule has 1 aromatic rings. The number of nitro groups is 1. The second kappa shape index (κ2) is 7.59. The van der Waals surface area contributed by atoms with Crippen LogP contribution in [0.15, 0.2) is 36.4 Å². The standard InChI is InChI=1S/C22H26N4O4/c27-21-19-16-3-4-17(13-16)20(19)22(28)25(21)12-11-23-7-9-24(10-8-23)14-15-1-5-18(6-2-15)26(29)30/h1-6,16-17,19-20H,7-14H2/p+2/t16-,17+,19-,20-/m1/s1. The van der Waals surface area contributed by atoms with Gasteiger partial charge in [0.15, 0.2) is 0 Å². The van der Waals surface area contributed by atoms with Crippen molar-refractivity contribution in [3.8, 4) is 0 Å². The normalized spacial score (nSPS) is 34.6. The molecule has 2 bridgehead atoms. The second-order valence-electron chi connectivity index (χ2n) is 9.18. The zero-order valence-electron chi connectivity index (χ0n) is 17.0. The van der Waals surface area contributed by atoms with E-state index in [-0.39, 0.29) is 46.1 Å². The number of amides is 2. The van der Waals surface area contributed by atoms with E-state index >= 15 is 0 Å². The number of non-ortho nitro benzene ring substituents is 1. The van der Waals surface area contributed by atoms with Crippen LogP contribution in [-0.2, 0) is 16.1 Å². The number of hydrogen-bond acceptors (Lipinski definition) is 4. The molecule has 2 aliphatic heterocycles. The predicted octanol–water partition coefficient (Wildman–Crippen LogP) is -1.31. The largest absolute Gasteiger partial charge is 0.324 e. The van der Waals surface area contributed by atoms with E-state index < -0.39 is 0 Å². The van der Waals surface area contributed by atoms with Crippen LogP contribution < -0.4 is 9.80 Å². The van der Waals surface area contributed by atoms with Crippen LogP contribution in [-0.4, -0.2) is 60.9 Å². The molecule has 3 fully saturated rings. The first-order valence-electron chi connectivity index (χ1n) is 11.0. The number of fused-ring (bicyclic) bond motifs is 5. The number of piperazine rings is 1. The molecule has 0 aromatic heterocycles. The fourth-order valence-corrected chi connectivity index (χ4v) is 5.86.